The van der Waals surface area contributed by atoms with Crippen molar-refractivity contribution < 1.29 is 14.4 Å². The summed E-state index contributed by atoms with van der Waals surface area (Å²) in [5.41, 5.74) is 0.287. The van der Waals surface area contributed by atoms with E-state index in [2.05, 4.69) is 25.4 Å². The van der Waals surface area contributed by atoms with Crippen LogP contribution in [0, 0.1) is 5.92 Å². The van der Waals surface area contributed by atoms with E-state index in [4.69, 9.17) is 11.6 Å². The minimum absolute atomic E-state index is 0.143. The number of halogens is 1. The van der Waals surface area contributed by atoms with Crippen molar-refractivity contribution in [1.29, 1.82) is 0 Å². The molecule has 3 aliphatic rings. The molecule has 3 heterocycles. The second-order valence-electron chi connectivity index (χ2n) is 8.94. The first-order valence-electron chi connectivity index (χ1n) is 11.0. The highest BCUT2D eigenvalue weighted by Gasteiger charge is 2.56. The number of hydrogen-bond acceptors (Lipinski definition) is 5. The number of rotatable bonds is 5. The van der Waals surface area contributed by atoms with Crippen LogP contribution in [0.15, 0.2) is 18.2 Å². The third kappa shape index (κ3) is 3.64. The van der Waals surface area contributed by atoms with Gasteiger partial charge in [-0.1, -0.05) is 18.0 Å². The molecule has 10 heteroatoms. The number of amides is 4. The summed E-state index contributed by atoms with van der Waals surface area (Å²) in [5.74, 6) is 0.965. The van der Waals surface area contributed by atoms with Crippen LogP contribution >= 0.6 is 11.6 Å². The lowest BCUT2D eigenvalue weighted by molar-refractivity contribution is -0.134. The Hall–Kier alpha value is -2.94. The fourth-order valence-corrected chi connectivity index (χ4v) is 4.80. The predicted molar refractivity (Wildman–Crippen MR) is 118 cm³/mol. The lowest BCUT2D eigenvalue weighted by atomic mass is 9.96. The van der Waals surface area contributed by atoms with Crippen LogP contribution in [0.4, 0.5) is 10.5 Å². The van der Waals surface area contributed by atoms with E-state index in [1.165, 1.54) is 0 Å². The van der Waals surface area contributed by atoms with Gasteiger partial charge in [0.05, 0.1) is 5.02 Å². The molecule has 1 aromatic carbocycles. The fourth-order valence-electron chi connectivity index (χ4n) is 4.60. The number of carbonyl (C=O) groups is 3. The number of anilines is 1. The van der Waals surface area contributed by atoms with Crippen LogP contribution in [-0.2, 0) is 22.6 Å². The lowest BCUT2D eigenvalue weighted by Gasteiger charge is -2.20. The van der Waals surface area contributed by atoms with Gasteiger partial charge in [-0.25, -0.2) is 4.79 Å². The number of carbonyl (C=O) groups excluding carboxylic acids is 3. The van der Waals surface area contributed by atoms with E-state index in [1.807, 2.05) is 0 Å². The highest BCUT2D eigenvalue weighted by atomic mass is 35.5. The number of aromatic nitrogens is 3. The van der Waals surface area contributed by atoms with E-state index in [1.54, 1.807) is 25.1 Å². The zero-order valence-electron chi connectivity index (χ0n) is 17.9. The minimum Gasteiger partial charge on any atom is -0.325 e. The molecule has 1 atom stereocenters. The number of fused-ring (bicyclic) bond motifs is 1. The summed E-state index contributed by atoms with van der Waals surface area (Å²) in [7, 11) is 0. The molecule has 2 aliphatic heterocycles. The van der Waals surface area contributed by atoms with E-state index in [0.29, 0.717) is 22.1 Å². The van der Waals surface area contributed by atoms with Crippen molar-refractivity contribution in [3.63, 3.8) is 0 Å². The maximum atomic E-state index is 12.8. The highest BCUT2D eigenvalue weighted by Crippen LogP contribution is 2.42. The molecule has 1 saturated carbocycles. The first-order chi connectivity index (χ1) is 15.4. The van der Waals surface area contributed by atoms with Gasteiger partial charge in [0, 0.05) is 24.2 Å². The Bertz CT molecular complexity index is 1110. The molecule has 5 rings (SSSR count). The maximum absolute atomic E-state index is 12.8. The van der Waals surface area contributed by atoms with Gasteiger partial charge in [-0.2, -0.15) is 0 Å². The summed E-state index contributed by atoms with van der Waals surface area (Å²) in [6, 6.07) is 4.61. The van der Waals surface area contributed by atoms with Crippen molar-refractivity contribution in [2.45, 2.75) is 57.5 Å². The third-order valence-electron chi connectivity index (χ3n) is 6.60. The lowest BCUT2D eigenvalue weighted by Crippen LogP contribution is -2.46. The van der Waals surface area contributed by atoms with Gasteiger partial charge in [-0.15, -0.1) is 10.2 Å². The number of hydrogen-bond donors (Lipinski definition) is 2. The van der Waals surface area contributed by atoms with E-state index in [9.17, 15) is 14.4 Å². The van der Waals surface area contributed by atoms with Gasteiger partial charge in [0.15, 0.2) is 5.82 Å². The van der Waals surface area contributed by atoms with Gasteiger partial charge in [-0.05, 0) is 56.7 Å². The van der Waals surface area contributed by atoms with Gasteiger partial charge >= 0.3 is 6.03 Å². The zero-order chi connectivity index (χ0) is 22.5. The van der Waals surface area contributed by atoms with Crippen LogP contribution in [-0.4, -0.2) is 49.6 Å². The third-order valence-corrected chi connectivity index (χ3v) is 6.93. The molecular weight excluding hydrogens is 432 g/mol. The highest BCUT2D eigenvalue weighted by molar-refractivity contribution is 6.33. The SMILES string of the molecule is CC1(C2CC2)NC(=O)N(CC(=O)Nc2ccc(Cl)c(-c3nnc4n3CCCCC4)c2)C1=O. The Morgan fingerprint density at radius 1 is 1.25 bits per heavy atom. The molecule has 0 spiro atoms. The molecule has 2 fully saturated rings. The molecule has 32 heavy (non-hydrogen) atoms. The molecule has 1 aromatic heterocycles. The molecule has 4 amide bonds. The molecule has 9 nitrogen and oxygen atoms in total. The van der Waals surface area contributed by atoms with Crippen LogP contribution in [0.5, 0.6) is 0 Å². The Balaban J connectivity index is 1.32. The molecule has 1 aliphatic carbocycles. The number of nitrogens with one attached hydrogen (secondary N) is 2. The Morgan fingerprint density at radius 2 is 2.06 bits per heavy atom. The van der Waals surface area contributed by atoms with Gasteiger partial charge in [0.1, 0.15) is 17.9 Å². The minimum atomic E-state index is -0.906. The molecule has 0 radical (unpaired) electrons. The number of nitrogens with zero attached hydrogens (tertiary/aromatic N) is 4. The molecule has 168 valence electrons. The summed E-state index contributed by atoms with van der Waals surface area (Å²) in [4.78, 5) is 38.7. The number of urea groups is 1. The van der Waals surface area contributed by atoms with Gasteiger partial charge < -0.3 is 15.2 Å². The van der Waals surface area contributed by atoms with Crippen molar-refractivity contribution in [2.75, 3.05) is 11.9 Å². The molecule has 2 aromatic rings. The normalized spacial score (nSPS) is 23.0. The molecule has 1 unspecified atom stereocenters. The fraction of sp³-hybridized carbons (Fsp3) is 0.500. The van der Waals surface area contributed by atoms with Gasteiger partial charge in [0.2, 0.25) is 5.91 Å². The smallest absolute Gasteiger partial charge is 0.325 e. The monoisotopic (exact) mass is 456 g/mol. The van der Waals surface area contributed by atoms with Crippen LogP contribution in [0.1, 0.15) is 44.9 Å². The van der Waals surface area contributed by atoms with Crippen molar-refractivity contribution in [2.24, 2.45) is 5.92 Å². The average Bonchev–Trinajstić information content (AvgIpc) is 3.55. The molecular formula is C22H25ClN6O3. The van der Waals surface area contributed by atoms with E-state index in [0.717, 1.165) is 55.8 Å². The second kappa shape index (κ2) is 7.88. The second-order valence-corrected chi connectivity index (χ2v) is 9.35. The first-order valence-corrected chi connectivity index (χ1v) is 11.4. The van der Waals surface area contributed by atoms with Crippen LogP contribution in [0.25, 0.3) is 11.4 Å². The number of aryl methyl sites for hydroxylation is 1. The maximum Gasteiger partial charge on any atom is 0.325 e. The van der Waals surface area contributed by atoms with E-state index < -0.39 is 17.5 Å². The summed E-state index contributed by atoms with van der Waals surface area (Å²) in [5, 5.41) is 14.7. The Labute approximate surface area is 190 Å². The molecule has 1 saturated heterocycles. The summed E-state index contributed by atoms with van der Waals surface area (Å²) in [6.07, 6.45) is 5.98. The molecule has 2 N–H and O–H groups in total. The number of benzene rings is 1. The van der Waals surface area contributed by atoms with Crippen molar-refractivity contribution in [1.82, 2.24) is 25.0 Å². The van der Waals surface area contributed by atoms with Crippen molar-refractivity contribution in [3.05, 3.63) is 29.0 Å². The average molecular weight is 457 g/mol. The predicted octanol–water partition coefficient (Wildman–Crippen LogP) is 2.98. The molecule has 0 bridgehead atoms. The summed E-state index contributed by atoms with van der Waals surface area (Å²) in [6.45, 7) is 2.22. The largest absolute Gasteiger partial charge is 0.325 e. The van der Waals surface area contributed by atoms with Crippen LogP contribution < -0.4 is 10.6 Å². The standard InChI is InChI=1S/C22H25ClN6O3/c1-22(13-6-7-13)20(31)29(21(32)25-22)12-18(30)24-14-8-9-16(23)15(11-14)19-27-26-17-5-3-2-4-10-28(17)19/h8-9,11,13H,2-7,10,12H2,1H3,(H,24,30)(H,25,32). The van der Waals surface area contributed by atoms with Crippen molar-refractivity contribution >= 4 is 35.1 Å². The topological polar surface area (TPSA) is 109 Å². The van der Waals surface area contributed by atoms with E-state index >= 15 is 0 Å². The zero-order valence-corrected chi connectivity index (χ0v) is 18.6. The first kappa shape index (κ1) is 20.9. The Morgan fingerprint density at radius 3 is 2.84 bits per heavy atom. The summed E-state index contributed by atoms with van der Waals surface area (Å²) >= 11 is 6.45. The van der Waals surface area contributed by atoms with Crippen LogP contribution in [0.2, 0.25) is 5.02 Å². The number of imide groups is 1. The van der Waals surface area contributed by atoms with Crippen LogP contribution in [0.3, 0.4) is 0 Å². The van der Waals surface area contributed by atoms with Gasteiger partial charge in [0.25, 0.3) is 5.91 Å². The van der Waals surface area contributed by atoms with Crippen molar-refractivity contribution in [3.8, 4) is 11.4 Å². The summed E-state index contributed by atoms with van der Waals surface area (Å²) < 4.78 is 2.09. The Kier molecular flexibility index (Phi) is 5.16. The van der Waals surface area contributed by atoms with Gasteiger partial charge in [-0.3, -0.25) is 14.5 Å². The van der Waals surface area contributed by atoms with E-state index in [-0.39, 0.29) is 18.4 Å². The quantitative estimate of drug-likeness (QED) is 0.672.